The first kappa shape index (κ1) is 22.9. The van der Waals surface area contributed by atoms with Crippen molar-refractivity contribution in [2.75, 3.05) is 29.9 Å². The van der Waals surface area contributed by atoms with E-state index in [1.807, 2.05) is 0 Å². The van der Waals surface area contributed by atoms with E-state index in [4.69, 9.17) is 14.6 Å². The van der Waals surface area contributed by atoms with Gasteiger partial charge in [0, 0.05) is 37.0 Å². The lowest BCUT2D eigenvalue weighted by molar-refractivity contribution is -0.383. The van der Waals surface area contributed by atoms with E-state index in [-0.39, 0.29) is 23.8 Å². The van der Waals surface area contributed by atoms with Crippen molar-refractivity contribution in [3.8, 4) is 11.1 Å². The van der Waals surface area contributed by atoms with Gasteiger partial charge in [-0.2, -0.15) is 0 Å². The number of benzene rings is 2. The zero-order valence-corrected chi connectivity index (χ0v) is 18.0. The summed E-state index contributed by atoms with van der Waals surface area (Å²) in [5.41, 5.74) is 1.30. The molecule has 4 rings (SSSR count). The molecule has 2 aromatic carbocycles. The van der Waals surface area contributed by atoms with Gasteiger partial charge in [-0.15, -0.1) is 0 Å². The number of halogens is 1. The molecule has 2 aromatic rings. The lowest BCUT2D eigenvalue weighted by Crippen LogP contribution is -2.39. The molecular weight excluding hydrogens is 433 g/mol. The average Bonchev–Trinajstić information content (AvgIpc) is 2.80. The monoisotopic (exact) mass is 459 g/mol. The largest absolute Gasteiger partial charge is 0.465 e. The minimum Gasteiger partial charge on any atom is -0.465 e. The van der Waals surface area contributed by atoms with Crippen LogP contribution in [0.1, 0.15) is 32.1 Å². The third-order valence-electron chi connectivity index (χ3n) is 5.97. The molecule has 2 fully saturated rings. The van der Waals surface area contributed by atoms with E-state index in [1.165, 1.54) is 24.3 Å². The highest BCUT2D eigenvalue weighted by Crippen LogP contribution is 2.40. The molecule has 1 amide bonds. The molecule has 2 N–H and O–H groups in total. The SMILES string of the molecule is O=C(O)Nc1cc(N2CCC(OC3CCCCO3)CC2)c(-c2ccc(F)cc2)cc1[N+](=O)[O-]. The maximum atomic E-state index is 13.5. The number of nitro benzene ring substituents is 1. The van der Waals surface area contributed by atoms with Gasteiger partial charge in [-0.3, -0.25) is 15.4 Å². The molecule has 0 saturated carbocycles. The molecule has 0 bridgehead atoms. The molecule has 176 valence electrons. The molecule has 1 unspecified atom stereocenters. The van der Waals surface area contributed by atoms with Gasteiger partial charge in [0.1, 0.15) is 11.5 Å². The van der Waals surface area contributed by atoms with E-state index < -0.39 is 16.8 Å². The van der Waals surface area contributed by atoms with Crippen molar-refractivity contribution in [3.63, 3.8) is 0 Å². The van der Waals surface area contributed by atoms with Gasteiger partial charge in [0.25, 0.3) is 5.69 Å². The summed E-state index contributed by atoms with van der Waals surface area (Å²) in [4.78, 5) is 24.3. The normalized spacial score (nSPS) is 19.3. The number of piperidine rings is 1. The number of carbonyl (C=O) groups is 1. The van der Waals surface area contributed by atoms with Gasteiger partial charge >= 0.3 is 6.09 Å². The summed E-state index contributed by atoms with van der Waals surface area (Å²) in [6, 6.07) is 8.51. The number of amides is 1. The van der Waals surface area contributed by atoms with Crippen LogP contribution >= 0.6 is 0 Å². The van der Waals surface area contributed by atoms with E-state index in [0.29, 0.717) is 36.5 Å². The molecule has 0 radical (unpaired) electrons. The van der Waals surface area contributed by atoms with Crippen molar-refractivity contribution < 1.29 is 28.7 Å². The molecule has 0 aromatic heterocycles. The maximum Gasteiger partial charge on any atom is 0.409 e. The predicted octanol–water partition coefficient (Wildman–Crippen LogP) is 5.00. The van der Waals surface area contributed by atoms with Gasteiger partial charge in [-0.25, -0.2) is 9.18 Å². The lowest BCUT2D eigenvalue weighted by atomic mass is 9.98. The van der Waals surface area contributed by atoms with Crippen LogP contribution < -0.4 is 10.2 Å². The van der Waals surface area contributed by atoms with Crippen LogP contribution in [0.4, 0.5) is 26.2 Å². The number of carboxylic acid groups (broad SMARTS) is 1. The molecule has 33 heavy (non-hydrogen) atoms. The fraction of sp³-hybridized carbons (Fsp3) is 0.435. The first-order valence-electron chi connectivity index (χ1n) is 11.0. The summed E-state index contributed by atoms with van der Waals surface area (Å²) in [6.07, 6.45) is 3.00. The van der Waals surface area contributed by atoms with Crippen LogP contribution in [0.2, 0.25) is 0 Å². The number of anilines is 2. The minimum atomic E-state index is -1.39. The second kappa shape index (κ2) is 10.1. The van der Waals surface area contributed by atoms with Crippen LogP contribution in [0, 0.1) is 15.9 Å². The fourth-order valence-corrected chi connectivity index (χ4v) is 4.33. The van der Waals surface area contributed by atoms with Crippen molar-refractivity contribution in [2.24, 2.45) is 0 Å². The summed E-state index contributed by atoms with van der Waals surface area (Å²) in [7, 11) is 0. The molecule has 9 nitrogen and oxygen atoms in total. The third-order valence-corrected chi connectivity index (χ3v) is 5.97. The van der Waals surface area contributed by atoms with E-state index in [9.17, 15) is 19.3 Å². The summed E-state index contributed by atoms with van der Waals surface area (Å²) in [5, 5.41) is 22.9. The van der Waals surface area contributed by atoms with E-state index >= 15 is 0 Å². The molecule has 2 heterocycles. The first-order valence-corrected chi connectivity index (χ1v) is 11.0. The molecule has 2 aliphatic heterocycles. The Hall–Kier alpha value is -3.24. The Kier molecular flexibility index (Phi) is 7.05. The van der Waals surface area contributed by atoms with E-state index in [1.54, 1.807) is 12.1 Å². The Bertz CT molecular complexity index is 1000. The van der Waals surface area contributed by atoms with Crippen LogP contribution in [0.15, 0.2) is 36.4 Å². The number of hydrogen-bond donors (Lipinski definition) is 2. The topological polar surface area (TPSA) is 114 Å². The summed E-state index contributed by atoms with van der Waals surface area (Å²) in [6.45, 7) is 1.96. The Balaban J connectivity index is 1.62. The third kappa shape index (κ3) is 5.58. The molecule has 2 saturated heterocycles. The highest BCUT2D eigenvalue weighted by molar-refractivity contribution is 5.92. The van der Waals surface area contributed by atoms with Gasteiger partial charge in [-0.1, -0.05) is 12.1 Å². The van der Waals surface area contributed by atoms with E-state index in [2.05, 4.69) is 10.2 Å². The molecular formula is C23H26FN3O6. The van der Waals surface area contributed by atoms with Gasteiger partial charge in [0.15, 0.2) is 6.29 Å². The van der Waals surface area contributed by atoms with Gasteiger partial charge in [-0.05, 0) is 55.9 Å². The maximum absolute atomic E-state index is 13.5. The van der Waals surface area contributed by atoms with Crippen LogP contribution in [0.5, 0.6) is 0 Å². The Morgan fingerprint density at radius 3 is 2.52 bits per heavy atom. The van der Waals surface area contributed by atoms with Gasteiger partial charge in [0.05, 0.1) is 11.0 Å². The van der Waals surface area contributed by atoms with Crippen molar-refractivity contribution >= 4 is 23.2 Å². The number of hydrogen-bond acceptors (Lipinski definition) is 6. The molecule has 0 aliphatic carbocycles. The van der Waals surface area contributed by atoms with Crippen LogP contribution in [0.25, 0.3) is 11.1 Å². The van der Waals surface area contributed by atoms with E-state index in [0.717, 1.165) is 32.1 Å². The molecule has 10 heteroatoms. The zero-order valence-electron chi connectivity index (χ0n) is 18.0. The second-order valence-electron chi connectivity index (χ2n) is 8.20. The predicted molar refractivity (Wildman–Crippen MR) is 120 cm³/mol. The number of nitrogens with one attached hydrogen (secondary N) is 1. The molecule has 1 atom stereocenters. The van der Waals surface area contributed by atoms with Crippen LogP contribution in [-0.2, 0) is 9.47 Å². The number of ether oxygens (including phenoxy) is 2. The van der Waals surface area contributed by atoms with Crippen molar-refractivity contribution in [1.82, 2.24) is 0 Å². The second-order valence-corrected chi connectivity index (χ2v) is 8.20. The number of rotatable bonds is 6. The summed E-state index contributed by atoms with van der Waals surface area (Å²) < 4.78 is 25.3. The van der Waals surface area contributed by atoms with Crippen LogP contribution in [-0.4, -0.2) is 48.2 Å². The molecule has 0 spiro atoms. The number of nitro groups is 1. The summed E-state index contributed by atoms with van der Waals surface area (Å²) in [5.74, 6) is -0.415. The summed E-state index contributed by atoms with van der Waals surface area (Å²) >= 11 is 0. The standard InChI is InChI=1S/C23H26FN3O6/c24-16-6-4-15(5-7-16)18-13-21(27(30)31)19(25-23(28)29)14-20(18)26-10-8-17(9-11-26)33-22-3-1-2-12-32-22/h4-7,13-14,17,22,25H,1-3,8-12H2,(H,28,29). The molecule has 2 aliphatic rings. The van der Waals surface area contributed by atoms with Crippen molar-refractivity contribution in [1.29, 1.82) is 0 Å². The smallest absolute Gasteiger partial charge is 0.409 e. The fourth-order valence-electron chi connectivity index (χ4n) is 4.33. The van der Waals surface area contributed by atoms with Gasteiger partial charge < -0.3 is 19.5 Å². The minimum absolute atomic E-state index is 0.0493. The number of nitrogens with zero attached hydrogens (tertiary/aromatic N) is 2. The lowest BCUT2D eigenvalue weighted by Gasteiger charge is -2.36. The Morgan fingerprint density at radius 1 is 1.18 bits per heavy atom. The zero-order chi connectivity index (χ0) is 23.4. The van der Waals surface area contributed by atoms with Crippen LogP contribution in [0.3, 0.4) is 0 Å². The Labute approximate surface area is 190 Å². The first-order chi connectivity index (χ1) is 15.9. The Morgan fingerprint density at radius 2 is 1.91 bits per heavy atom. The highest BCUT2D eigenvalue weighted by Gasteiger charge is 2.28. The van der Waals surface area contributed by atoms with Crippen molar-refractivity contribution in [3.05, 3.63) is 52.3 Å². The van der Waals surface area contributed by atoms with Gasteiger partial charge in [0.2, 0.25) is 0 Å². The average molecular weight is 459 g/mol. The van der Waals surface area contributed by atoms with Crippen molar-refractivity contribution in [2.45, 2.75) is 44.5 Å². The quantitative estimate of drug-likeness (QED) is 0.461. The highest BCUT2D eigenvalue weighted by atomic mass is 19.1.